The minimum atomic E-state index is -0.992. The molecule has 0 spiro atoms. The molecule has 4 nitrogen and oxygen atoms in total. The topological polar surface area (TPSA) is 68.0 Å². The van der Waals surface area contributed by atoms with Crippen molar-refractivity contribution in [3.63, 3.8) is 0 Å². The van der Waals surface area contributed by atoms with Gasteiger partial charge < -0.3 is 11.1 Å². The number of aromatic nitrogens is 1. The molecule has 0 fully saturated rings. The maximum atomic E-state index is 12.3. The van der Waals surface area contributed by atoms with Crippen LogP contribution in [0.4, 0.5) is 0 Å². The Kier molecular flexibility index (Phi) is 10.2. The van der Waals surface area contributed by atoms with Crippen LogP contribution >= 0.6 is 36.2 Å². The first-order chi connectivity index (χ1) is 10.5. The summed E-state index contributed by atoms with van der Waals surface area (Å²) in [7, 11) is 0. The van der Waals surface area contributed by atoms with Crippen molar-refractivity contribution in [2.75, 3.05) is 6.54 Å². The number of carbonyl (C=O) groups is 1. The number of nitrogens with zero attached hydrogens (tertiary/aromatic N) is 1. The van der Waals surface area contributed by atoms with Crippen LogP contribution in [0.3, 0.4) is 0 Å². The van der Waals surface area contributed by atoms with Crippen molar-refractivity contribution < 1.29 is 4.79 Å². The van der Waals surface area contributed by atoms with Gasteiger partial charge in [0.1, 0.15) is 5.54 Å². The van der Waals surface area contributed by atoms with Gasteiger partial charge in [0.2, 0.25) is 5.91 Å². The van der Waals surface area contributed by atoms with Crippen LogP contribution in [0.2, 0.25) is 0 Å². The van der Waals surface area contributed by atoms with E-state index in [2.05, 4.69) is 15.7 Å². The lowest BCUT2D eigenvalue weighted by atomic mass is 9.92. The average Bonchev–Trinajstić information content (AvgIpc) is 2.93. The first-order valence-corrected chi connectivity index (χ1v) is 8.42. The molecule has 1 atom stereocenters. The normalized spacial score (nSPS) is 12.5. The maximum absolute atomic E-state index is 12.3. The molecule has 0 saturated heterocycles. The van der Waals surface area contributed by atoms with Gasteiger partial charge in [-0.1, -0.05) is 30.3 Å². The summed E-state index contributed by atoms with van der Waals surface area (Å²) in [5, 5.41) is 6.16. The molecule has 24 heavy (non-hydrogen) atoms. The van der Waals surface area contributed by atoms with Gasteiger partial charge in [-0.25, -0.2) is 4.98 Å². The summed E-state index contributed by atoms with van der Waals surface area (Å²) in [6, 6.07) is 9.46. The smallest absolute Gasteiger partial charge is 0.244 e. The van der Waals surface area contributed by atoms with E-state index in [1.807, 2.05) is 37.3 Å². The van der Waals surface area contributed by atoms with Crippen molar-refractivity contribution in [2.24, 2.45) is 5.73 Å². The van der Waals surface area contributed by atoms with Gasteiger partial charge in [-0.05, 0) is 38.7 Å². The molecule has 134 valence electrons. The number of halogens is 2. The van der Waals surface area contributed by atoms with E-state index < -0.39 is 5.54 Å². The summed E-state index contributed by atoms with van der Waals surface area (Å²) in [6.07, 6.45) is 2.90. The minimum absolute atomic E-state index is 0. The zero-order valence-electron chi connectivity index (χ0n) is 14.0. The second-order valence-corrected chi connectivity index (χ2v) is 6.61. The maximum Gasteiger partial charge on any atom is 0.244 e. The summed E-state index contributed by atoms with van der Waals surface area (Å²) in [5.41, 5.74) is 7.08. The van der Waals surface area contributed by atoms with Crippen LogP contribution in [0.25, 0.3) is 0 Å². The van der Waals surface area contributed by atoms with Crippen molar-refractivity contribution in [3.05, 3.63) is 52.0 Å². The number of nitrogens with two attached hydrogens (primary N) is 1. The van der Waals surface area contributed by atoms with Gasteiger partial charge in [-0.2, -0.15) is 0 Å². The summed E-state index contributed by atoms with van der Waals surface area (Å²) in [5.74, 6) is -0.135. The third-order valence-electron chi connectivity index (χ3n) is 3.61. The zero-order valence-corrected chi connectivity index (χ0v) is 16.4. The molecule has 7 heteroatoms. The Morgan fingerprint density at radius 2 is 1.92 bits per heavy atom. The lowest BCUT2D eigenvalue weighted by Gasteiger charge is -2.24. The summed E-state index contributed by atoms with van der Waals surface area (Å²) in [6.45, 7) is 4.39. The number of benzene rings is 1. The van der Waals surface area contributed by atoms with E-state index in [1.165, 1.54) is 0 Å². The van der Waals surface area contributed by atoms with E-state index in [4.69, 9.17) is 5.73 Å². The predicted octanol–water partition coefficient (Wildman–Crippen LogP) is 3.61. The molecule has 0 aliphatic heterocycles. The first kappa shape index (κ1) is 22.9. The summed E-state index contributed by atoms with van der Waals surface area (Å²) < 4.78 is 0. The lowest BCUT2D eigenvalue weighted by molar-refractivity contribution is -0.126. The summed E-state index contributed by atoms with van der Waals surface area (Å²) in [4.78, 5) is 16.7. The quantitative estimate of drug-likeness (QED) is 0.710. The molecular formula is C17H25Cl2N3OS. The number of unbranched alkanes of at least 4 members (excludes halogenated alkanes) is 1. The predicted molar refractivity (Wildman–Crippen MR) is 105 cm³/mol. The second-order valence-electron chi connectivity index (χ2n) is 5.66. The molecule has 1 aromatic carbocycles. The largest absolute Gasteiger partial charge is 0.354 e. The number of hydrogen-bond acceptors (Lipinski definition) is 4. The molecule has 1 unspecified atom stereocenters. The monoisotopic (exact) mass is 389 g/mol. The Hall–Kier alpha value is -1.14. The Labute approximate surface area is 160 Å². The fourth-order valence-electron chi connectivity index (χ4n) is 2.22. The van der Waals surface area contributed by atoms with Crippen molar-refractivity contribution in [1.82, 2.24) is 10.3 Å². The van der Waals surface area contributed by atoms with Gasteiger partial charge >= 0.3 is 0 Å². The molecule has 0 saturated carbocycles. The lowest BCUT2D eigenvalue weighted by Crippen LogP contribution is -2.49. The third-order valence-corrected chi connectivity index (χ3v) is 4.64. The molecule has 1 aromatic heterocycles. The van der Waals surface area contributed by atoms with E-state index in [-0.39, 0.29) is 30.7 Å². The minimum Gasteiger partial charge on any atom is -0.354 e. The highest BCUT2D eigenvalue weighted by Crippen LogP contribution is 2.17. The van der Waals surface area contributed by atoms with Crippen LogP contribution in [-0.2, 0) is 16.8 Å². The third kappa shape index (κ3) is 6.40. The van der Waals surface area contributed by atoms with Crippen molar-refractivity contribution >= 4 is 42.1 Å². The van der Waals surface area contributed by atoms with Crippen LogP contribution in [0, 0.1) is 6.92 Å². The first-order valence-electron chi connectivity index (χ1n) is 7.54. The van der Waals surface area contributed by atoms with Gasteiger partial charge in [0.15, 0.2) is 0 Å². The van der Waals surface area contributed by atoms with Gasteiger partial charge in [0.05, 0.1) is 5.01 Å². The van der Waals surface area contributed by atoms with Crippen LogP contribution in [0.15, 0.2) is 35.7 Å². The van der Waals surface area contributed by atoms with Crippen LogP contribution in [0.1, 0.15) is 36.0 Å². The molecule has 0 aliphatic rings. The number of aryl methyl sites for hydroxylation is 2. The van der Waals surface area contributed by atoms with Crippen molar-refractivity contribution in [2.45, 2.75) is 38.6 Å². The molecule has 2 aromatic rings. The number of hydrogen-bond donors (Lipinski definition) is 2. The van der Waals surface area contributed by atoms with E-state index >= 15 is 0 Å². The molecule has 2 rings (SSSR count). The molecular weight excluding hydrogens is 365 g/mol. The van der Waals surface area contributed by atoms with E-state index in [0.29, 0.717) is 6.54 Å². The fourth-order valence-corrected chi connectivity index (χ4v) is 3.04. The molecule has 0 aliphatic carbocycles. The van der Waals surface area contributed by atoms with Crippen molar-refractivity contribution in [3.8, 4) is 0 Å². The van der Waals surface area contributed by atoms with Crippen LogP contribution < -0.4 is 11.1 Å². The van der Waals surface area contributed by atoms with Crippen molar-refractivity contribution in [1.29, 1.82) is 0 Å². The second kappa shape index (κ2) is 10.7. The fraction of sp³-hybridized carbons (Fsp3) is 0.412. The van der Waals surface area contributed by atoms with Gasteiger partial charge in [0.25, 0.3) is 0 Å². The molecule has 1 amide bonds. The molecule has 0 bridgehead atoms. The Morgan fingerprint density at radius 1 is 1.25 bits per heavy atom. The Bertz CT molecular complexity index is 617. The number of thiazole rings is 1. The zero-order chi connectivity index (χ0) is 16.0. The van der Waals surface area contributed by atoms with Gasteiger partial charge in [-0.15, -0.1) is 36.2 Å². The molecule has 0 radical (unpaired) electrons. The SMILES string of the molecule is Cc1csc(CCCCNC(=O)C(C)(N)c2ccccc2)n1.Cl.Cl. The highest BCUT2D eigenvalue weighted by atomic mass is 35.5. The highest BCUT2D eigenvalue weighted by molar-refractivity contribution is 7.09. The number of nitrogens with one attached hydrogen (secondary N) is 1. The number of carbonyl (C=O) groups excluding carboxylic acids is 1. The Balaban J connectivity index is 0.00000264. The number of rotatable bonds is 7. The van der Waals surface area contributed by atoms with Crippen LogP contribution in [0.5, 0.6) is 0 Å². The average molecular weight is 390 g/mol. The van der Waals surface area contributed by atoms with E-state index in [9.17, 15) is 4.79 Å². The molecule has 3 N–H and O–H groups in total. The van der Waals surface area contributed by atoms with Crippen LogP contribution in [-0.4, -0.2) is 17.4 Å². The highest BCUT2D eigenvalue weighted by Gasteiger charge is 2.29. The standard InChI is InChI=1S/C17H23N3OS.2ClH/c1-13-12-22-15(20-13)10-6-7-11-19-16(21)17(2,18)14-8-4-3-5-9-14;;/h3-5,8-9,12H,6-7,10-11,18H2,1-2H3,(H,19,21);2*1H. The van der Waals surface area contributed by atoms with Gasteiger partial charge in [0, 0.05) is 17.6 Å². The van der Waals surface area contributed by atoms with Gasteiger partial charge in [-0.3, -0.25) is 4.79 Å². The van der Waals surface area contributed by atoms with E-state index in [1.54, 1.807) is 18.3 Å². The van der Waals surface area contributed by atoms with E-state index in [0.717, 1.165) is 35.5 Å². The molecule has 1 heterocycles. The number of amides is 1. The summed E-state index contributed by atoms with van der Waals surface area (Å²) >= 11 is 1.70. The Morgan fingerprint density at radius 3 is 2.50 bits per heavy atom.